The van der Waals surface area contributed by atoms with Crippen LogP contribution in [0.15, 0.2) is 52.9 Å². The first-order valence-corrected chi connectivity index (χ1v) is 7.23. The van der Waals surface area contributed by atoms with E-state index in [0.717, 1.165) is 4.83 Å². The number of thiol groups is 1. The molecular formula is C14H9ClNOS2+. The van der Waals surface area contributed by atoms with Crippen LogP contribution in [0.1, 0.15) is 16.1 Å². The predicted molar refractivity (Wildman–Crippen MR) is 79.6 cm³/mol. The third-order valence-corrected chi connectivity index (χ3v) is 4.45. The van der Waals surface area contributed by atoms with Crippen LogP contribution in [0.25, 0.3) is 4.83 Å². The van der Waals surface area contributed by atoms with Crippen LogP contribution < -0.4 is 4.40 Å². The zero-order chi connectivity index (χ0) is 13.4. The number of benzene rings is 1. The Balaban J connectivity index is 2.16. The molecule has 0 aliphatic carbocycles. The summed E-state index contributed by atoms with van der Waals surface area (Å²) in [4.78, 5) is 13.5. The van der Waals surface area contributed by atoms with Crippen LogP contribution >= 0.6 is 35.6 Å². The molecule has 3 rings (SSSR count). The summed E-state index contributed by atoms with van der Waals surface area (Å²) in [5, 5.41) is 0.616. The van der Waals surface area contributed by atoms with E-state index in [1.54, 1.807) is 24.3 Å². The average Bonchev–Trinajstić information content (AvgIpc) is 2.74. The number of nitrogens with zero attached hydrogens (tertiary/aromatic N) is 1. The Bertz CT molecular complexity index is 765. The molecule has 94 valence electrons. The molecule has 0 aliphatic heterocycles. The average molecular weight is 307 g/mol. The number of carbonyl (C=O) groups excluding carboxylic acids is 1. The first-order chi connectivity index (χ1) is 9.16. The highest BCUT2D eigenvalue weighted by Crippen LogP contribution is 2.24. The highest BCUT2D eigenvalue weighted by Gasteiger charge is 2.26. The van der Waals surface area contributed by atoms with E-state index in [-0.39, 0.29) is 5.78 Å². The Morgan fingerprint density at radius 3 is 2.63 bits per heavy atom. The van der Waals surface area contributed by atoms with Gasteiger partial charge in [-0.25, -0.2) is 0 Å². The van der Waals surface area contributed by atoms with Crippen LogP contribution in [0.2, 0.25) is 5.02 Å². The molecule has 0 saturated heterocycles. The molecule has 0 N–H and O–H groups in total. The van der Waals surface area contributed by atoms with Crippen molar-refractivity contribution in [2.24, 2.45) is 0 Å². The van der Waals surface area contributed by atoms with Crippen LogP contribution in [-0.4, -0.2) is 5.78 Å². The minimum absolute atomic E-state index is 0.0517. The van der Waals surface area contributed by atoms with Gasteiger partial charge in [-0.15, -0.1) is 17.0 Å². The summed E-state index contributed by atoms with van der Waals surface area (Å²) >= 11 is 11.7. The van der Waals surface area contributed by atoms with Gasteiger partial charge < -0.3 is 0 Å². The molecule has 5 heteroatoms. The number of rotatable bonds is 2. The van der Waals surface area contributed by atoms with E-state index in [1.165, 1.54) is 11.3 Å². The number of hydrogen-bond acceptors (Lipinski definition) is 3. The molecule has 0 spiro atoms. The van der Waals surface area contributed by atoms with Crippen molar-refractivity contribution in [3.8, 4) is 0 Å². The van der Waals surface area contributed by atoms with Crippen LogP contribution in [-0.2, 0) is 0 Å². The van der Waals surface area contributed by atoms with Crippen molar-refractivity contribution in [1.29, 1.82) is 0 Å². The number of hydrogen-bond donors (Lipinski definition) is 1. The fraction of sp³-hybridized carbons (Fsp3) is 0. The van der Waals surface area contributed by atoms with Crippen molar-refractivity contribution >= 4 is 46.2 Å². The molecular weight excluding hydrogens is 298 g/mol. The van der Waals surface area contributed by atoms with Crippen molar-refractivity contribution in [1.82, 2.24) is 0 Å². The van der Waals surface area contributed by atoms with E-state index in [9.17, 15) is 4.79 Å². The van der Waals surface area contributed by atoms with Crippen LogP contribution in [0.4, 0.5) is 0 Å². The van der Waals surface area contributed by atoms with Crippen molar-refractivity contribution in [2.75, 3.05) is 0 Å². The molecule has 0 saturated carbocycles. The molecule has 0 fully saturated rings. The fourth-order valence-electron chi connectivity index (χ4n) is 1.89. The Morgan fingerprint density at radius 1 is 1.16 bits per heavy atom. The lowest BCUT2D eigenvalue weighted by Gasteiger charge is -1.96. The van der Waals surface area contributed by atoms with Gasteiger partial charge >= 0.3 is 0 Å². The number of pyridine rings is 1. The van der Waals surface area contributed by atoms with Gasteiger partial charge in [0.15, 0.2) is 6.20 Å². The molecule has 0 radical (unpaired) electrons. The Labute approximate surface area is 124 Å². The third-order valence-electron chi connectivity index (χ3n) is 2.79. The quantitative estimate of drug-likeness (QED) is 0.435. The molecule has 2 heterocycles. The molecule has 1 aromatic carbocycles. The van der Waals surface area contributed by atoms with Crippen molar-refractivity contribution in [3.63, 3.8) is 0 Å². The molecule has 2 nitrogen and oxygen atoms in total. The van der Waals surface area contributed by atoms with Gasteiger partial charge in [-0.05, 0) is 30.3 Å². The first kappa shape index (κ1) is 12.7. The molecule has 0 atom stereocenters. The van der Waals surface area contributed by atoms with Gasteiger partial charge in [-0.3, -0.25) is 4.79 Å². The monoisotopic (exact) mass is 306 g/mol. The molecule has 0 bridgehead atoms. The van der Waals surface area contributed by atoms with Gasteiger partial charge in [0.05, 0.1) is 0 Å². The standard InChI is InChI=1S/C14H8ClNOS2/c15-10-6-4-9(5-7-10)13(17)12-14(18)19-11-3-1-2-8-16(11)12/h1-8H/p+1. The van der Waals surface area contributed by atoms with Crippen molar-refractivity contribution in [2.45, 2.75) is 4.21 Å². The van der Waals surface area contributed by atoms with Gasteiger partial charge in [0, 0.05) is 22.7 Å². The number of ketones is 1. The number of carbonyl (C=O) groups is 1. The van der Waals surface area contributed by atoms with Gasteiger partial charge in [-0.1, -0.05) is 22.9 Å². The van der Waals surface area contributed by atoms with Gasteiger partial charge in [0.2, 0.25) is 0 Å². The van der Waals surface area contributed by atoms with Crippen molar-refractivity contribution < 1.29 is 9.20 Å². The molecule has 3 aromatic rings. The minimum Gasteiger partial charge on any atom is -0.282 e. The molecule has 0 amide bonds. The van der Waals surface area contributed by atoms with E-state index in [2.05, 4.69) is 12.6 Å². The maximum absolute atomic E-state index is 12.5. The largest absolute Gasteiger partial charge is 0.283 e. The SMILES string of the molecule is O=C(c1ccc(Cl)cc1)c1c(S)sc2cccc[n+]12. The van der Waals surface area contributed by atoms with Crippen LogP contribution in [0, 0.1) is 0 Å². The summed E-state index contributed by atoms with van der Waals surface area (Å²) in [6.45, 7) is 0. The number of fused-ring (bicyclic) bond motifs is 1. The van der Waals surface area contributed by atoms with Gasteiger partial charge in [0.25, 0.3) is 16.3 Å². The predicted octanol–water partition coefficient (Wildman–Crippen LogP) is 3.66. The van der Waals surface area contributed by atoms with E-state index >= 15 is 0 Å². The van der Waals surface area contributed by atoms with Crippen LogP contribution in [0.5, 0.6) is 0 Å². The second-order valence-electron chi connectivity index (χ2n) is 4.00. The van der Waals surface area contributed by atoms with E-state index in [0.29, 0.717) is 20.5 Å². The Kier molecular flexibility index (Phi) is 3.31. The molecule has 2 aromatic heterocycles. The van der Waals surface area contributed by atoms with Gasteiger partial charge in [-0.2, -0.15) is 0 Å². The molecule has 0 unspecified atom stereocenters. The Hall–Kier alpha value is -1.36. The fourth-order valence-corrected chi connectivity index (χ4v) is 3.39. The zero-order valence-electron chi connectivity index (χ0n) is 9.71. The zero-order valence-corrected chi connectivity index (χ0v) is 12.2. The highest BCUT2D eigenvalue weighted by molar-refractivity contribution is 7.83. The topological polar surface area (TPSA) is 21.2 Å². The summed E-state index contributed by atoms with van der Waals surface area (Å²) in [6.07, 6.45) is 1.87. The summed E-state index contributed by atoms with van der Waals surface area (Å²) in [5.41, 5.74) is 1.20. The lowest BCUT2D eigenvalue weighted by molar-refractivity contribution is -0.511. The summed E-state index contributed by atoms with van der Waals surface area (Å²) in [6, 6.07) is 12.7. The third kappa shape index (κ3) is 2.27. The number of halogens is 1. The second kappa shape index (κ2) is 4.96. The van der Waals surface area contributed by atoms with E-state index in [1.807, 2.05) is 28.8 Å². The summed E-state index contributed by atoms with van der Waals surface area (Å²) in [7, 11) is 0. The second-order valence-corrected chi connectivity index (χ2v) is 6.22. The Morgan fingerprint density at radius 2 is 1.89 bits per heavy atom. The van der Waals surface area contributed by atoms with E-state index in [4.69, 9.17) is 11.6 Å². The number of aromatic nitrogens is 1. The lowest BCUT2D eigenvalue weighted by atomic mass is 10.1. The van der Waals surface area contributed by atoms with E-state index < -0.39 is 0 Å². The molecule has 0 aliphatic rings. The number of thiazole rings is 1. The molecule has 19 heavy (non-hydrogen) atoms. The minimum atomic E-state index is -0.0517. The summed E-state index contributed by atoms with van der Waals surface area (Å²) in [5.74, 6) is -0.0517. The van der Waals surface area contributed by atoms with Crippen LogP contribution in [0.3, 0.4) is 0 Å². The summed E-state index contributed by atoms with van der Waals surface area (Å²) < 4.78 is 2.58. The first-order valence-electron chi connectivity index (χ1n) is 5.59. The lowest BCUT2D eigenvalue weighted by Crippen LogP contribution is -2.27. The van der Waals surface area contributed by atoms with Crippen molar-refractivity contribution in [3.05, 3.63) is 64.9 Å². The van der Waals surface area contributed by atoms with Gasteiger partial charge in [0.1, 0.15) is 4.21 Å². The maximum Gasteiger partial charge on any atom is 0.283 e. The normalized spacial score (nSPS) is 10.8. The maximum atomic E-state index is 12.5. The smallest absolute Gasteiger partial charge is 0.282 e. The highest BCUT2D eigenvalue weighted by atomic mass is 35.5.